The van der Waals surface area contributed by atoms with Gasteiger partial charge >= 0.3 is 0 Å². The number of para-hydroxylation sites is 4. The van der Waals surface area contributed by atoms with Gasteiger partial charge in [-0.1, -0.05) is 97.1 Å². The number of fused-ring (bicyclic) bond motifs is 4. The Hall–Kier alpha value is -4.96. The van der Waals surface area contributed by atoms with Gasteiger partial charge in [0.25, 0.3) is 0 Å². The Labute approximate surface area is 248 Å². The third kappa shape index (κ3) is 5.55. The molecule has 5 heteroatoms. The third-order valence-electron chi connectivity index (χ3n) is 6.92. The van der Waals surface area contributed by atoms with Crippen LogP contribution in [0.1, 0.15) is 0 Å². The van der Waals surface area contributed by atoms with Gasteiger partial charge in [0, 0.05) is 38.6 Å². The Morgan fingerprint density at radius 1 is 0.244 bits per heavy atom. The summed E-state index contributed by atoms with van der Waals surface area (Å²) < 4.78 is 0. The van der Waals surface area contributed by atoms with Crippen LogP contribution in [0.25, 0.3) is 66.4 Å². The first-order chi connectivity index (χ1) is 19.8. The molecule has 0 amide bonds. The van der Waals surface area contributed by atoms with Gasteiger partial charge < -0.3 is 0 Å². The second-order valence-electron chi connectivity index (χ2n) is 9.56. The summed E-state index contributed by atoms with van der Waals surface area (Å²) in [5.41, 5.74) is 7.65. The maximum atomic E-state index is 4.69. The van der Waals surface area contributed by atoms with E-state index >= 15 is 0 Å². The first kappa shape index (κ1) is 26.3. The van der Waals surface area contributed by atoms with Crippen molar-refractivity contribution in [2.24, 2.45) is 0 Å². The fourth-order valence-electron chi connectivity index (χ4n) is 4.83. The summed E-state index contributed by atoms with van der Waals surface area (Å²) in [5, 5.41) is 4.60. The van der Waals surface area contributed by atoms with E-state index in [2.05, 4.69) is 68.5 Å². The summed E-state index contributed by atoms with van der Waals surface area (Å²) in [7, 11) is 0. The van der Waals surface area contributed by atoms with Crippen molar-refractivity contribution in [2.45, 2.75) is 0 Å². The van der Waals surface area contributed by atoms with Gasteiger partial charge in [0.1, 0.15) is 0 Å². The largest absolute Gasteiger partial charge is 0.246 e. The molecular weight excluding hydrogens is 552 g/mol. The second-order valence-corrected chi connectivity index (χ2v) is 9.56. The molecule has 199 valence electrons. The summed E-state index contributed by atoms with van der Waals surface area (Å²) in [6.07, 6.45) is 0. The summed E-state index contributed by atoms with van der Waals surface area (Å²) in [5.74, 6) is 0. The van der Waals surface area contributed by atoms with E-state index in [0.29, 0.717) is 0 Å². The van der Waals surface area contributed by atoms with Crippen LogP contribution in [0.3, 0.4) is 0 Å². The summed E-state index contributed by atoms with van der Waals surface area (Å²) in [4.78, 5) is 18.8. The molecular formula is C36H24CuN4. The van der Waals surface area contributed by atoms with Crippen molar-refractivity contribution >= 4 is 43.6 Å². The molecule has 8 rings (SSSR count). The zero-order chi connectivity index (χ0) is 26.7. The molecule has 4 nitrogen and oxygen atoms in total. The van der Waals surface area contributed by atoms with E-state index in [1.807, 2.05) is 97.1 Å². The van der Waals surface area contributed by atoms with E-state index in [1.165, 1.54) is 0 Å². The van der Waals surface area contributed by atoms with Gasteiger partial charge in [0.05, 0.1) is 44.8 Å². The number of hydrogen-bond donors (Lipinski definition) is 0. The first-order valence-corrected chi connectivity index (χ1v) is 13.2. The van der Waals surface area contributed by atoms with Gasteiger partial charge in [0.15, 0.2) is 0 Å². The standard InChI is InChI=1S/2C18H12N2.Cu/c2*1-3-7-15-13(5-1)9-11-17(19-15)18-12-10-14-6-2-4-8-16(14)20-18;/h2*1-12H;. The molecule has 0 saturated carbocycles. The molecule has 41 heavy (non-hydrogen) atoms. The van der Waals surface area contributed by atoms with Crippen molar-refractivity contribution in [3.05, 3.63) is 146 Å². The fraction of sp³-hybridized carbons (Fsp3) is 0. The Bertz CT molecular complexity index is 1830. The second kappa shape index (κ2) is 11.6. The van der Waals surface area contributed by atoms with Crippen LogP contribution in [-0.2, 0) is 17.1 Å². The summed E-state index contributed by atoms with van der Waals surface area (Å²) in [6.45, 7) is 0. The molecule has 8 aromatic rings. The predicted molar refractivity (Wildman–Crippen MR) is 165 cm³/mol. The van der Waals surface area contributed by atoms with Crippen LogP contribution in [-0.4, -0.2) is 19.9 Å². The number of pyridine rings is 4. The average molecular weight is 576 g/mol. The molecule has 0 saturated heterocycles. The Balaban J connectivity index is 0.000000144. The molecule has 0 aliphatic carbocycles. The van der Waals surface area contributed by atoms with Gasteiger partial charge in [-0.15, -0.1) is 0 Å². The molecule has 4 aromatic heterocycles. The van der Waals surface area contributed by atoms with E-state index in [1.54, 1.807) is 0 Å². The van der Waals surface area contributed by atoms with Gasteiger partial charge in [-0.25, -0.2) is 19.9 Å². The van der Waals surface area contributed by atoms with Crippen molar-refractivity contribution in [1.29, 1.82) is 0 Å². The third-order valence-corrected chi connectivity index (χ3v) is 6.92. The topological polar surface area (TPSA) is 51.6 Å². The molecule has 1 radical (unpaired) electrons. The summed E-state index contributed by atoms with van der Waals surface area (Å²) in [6, 6.07) is 49.0. The van der Waals surface area contributed by atoms with Crippen LogP contribution < -0.4 is 0 Å². The molecule has 0 aliphatic heterocycles. The Kier molecular flexibility index (Phi) is 7.46. The van der Waals surface area contributed by atoms with E-state index in [4.69, 9.17) is 0 Å². The minimum atomic E-state index is 0. The van der Waals surface area contributed by atoms with E-state index < -0.39 is 0 Å². The van der Waals surface area contributed by atoms with Crippen LogP contribution >= 0.6 is 0 Å². The monoisotopic (exact) mass is 575 g/mol. The van der Waals surface area contributed by atoms with Crippen molar-refractivity contribution in [2.75, 3.05) is 0 Å². The first-order valence-electron chi connectivity index (χ1n) is 13.2. The zero-order valence-corrected chi connectivity index (χ0v) is 22.9. The van der Waals surface area contributed by atoms with Crippen LogP contribution in [0.4, 0.5) is 0 Å². The van der Waals surface area contributed by atoms with Crippen LogP contribution in [0.15, 0.2) is 146 Å². The number of benzene rings is 4. The maximum Gasteiger partial charge on any atom is 0.0894 e. The molecule has 0 aliphatic rings. The molecule has 4 aromatic carbocycles. The Morgan fingerprint density at radius 2 is 0.463 bits per heavy atom. The van der Waals surface area contributed by atoms with Crippen LogP contribution in [0.2, 0.25) is 0 Å². The number of nitrogens with zero attached hydrogens (tertiary/aromatic N) is 4. The fourth-order valence-corrected chi connectivity index (χ4v) is 4.83. The van der Waals surface area contributed by atoms with Gasteiger partial charge in [-0.2, -0.15) is 0 Å². The minimum Gasteiger partial charge on any atom is -0.246 e. The van der Waals surface area contributed by atoms with Crippen LogP contribution in [0, 0.1) is 0 Å². The van der Waals surface area contributed by atoms with E-state index in [-0.39, 0.29) is 17.1 Å². The predicted octanol–water partition coefficient (Wildman–Crippen LogP) is 8.90. The number of aromatic nitrogens is 4. The molecule has 0 bridgehead atoms. The van der Waals surface area contributed by atoms with E-state index in [0.717, 1.165) is 66.4 Å². The number of hydrogen-bond acceptors (Lipinski definition) is 4. The smallest absolute Gasteiger partial charge is 0.0894 e. The van der Waals surface area contributed by atoms with E-state index in [9.17, 15) is 0 Å². The molecule has 0 N–H and O–H groups in total. The SMILES string of the molecule is [Cu].c1ccc2nc(-c3ccc4ccccc4n3)ccc2c1.c1ccc2nc(-c3ccc4ccccc4n3)ccc2c1. The summed E-state index contributed by atoms with van der Waals surface area (Å²) >= 11 is 0. The van der Waals surface area contributed by atoms with Crippen molar-refractivity contribution < 1.29 is 17.1 Å². The van der Waals surface area contributed by atoms with Gasteiger partial charge in [0.2, 0.25) is 0 Å². The normalized spacial score (nSPS) is 10.7. The quantitative estimate of drug-likeness (QED) is 0.193. The zero-order valence-electron chi connectivity index (χ0n) is 21.9. The maximum absolute atomic E-state index is 4.69. The Morgan fingerprint density at radius 3 is 0.707 bits per heavy atom. The molecule has 0 fully saturated rings. The molecule has 4 heterocycles. The molecule has 0 atom stereocenters. The average Bonchev–Trinajstić information content (AvgIpc) is 3.04. The van der Waals surface area contributed by atoms with Crippen LogP contribution in [0.5, 0.6) is 0 Å². The van der Waals surface area contributed by atoms with Gasteiger partial charge in [-0.3, -0.25) is 0 Å². The van der Waals surface area contributed by atoms with Crippen molar-refractivity contribution in [1.82, 2.24) is 19.9 Å². The minimum absolute atomic E-state index is 0. The molecule has 0 spiro atoms. The number of rotatable bonds is 2. The van der Waals surface area contributed by atoms with Crippen molar-refractivity contribution in [3.63, 3.8) is 0 Å². The van der Waals surface area contributed by atoms with Gasteiger partial charge in [-0.05, 0) is 48.5 Å². The van der Waals surface area contributed by atoms with Crippen molar-refractivity contribution in [3.8, 4) is 22.8 Å². The molecule has 0 unspecified atom stereocenters.